The highest BCUT2D eigenvalue weighted by molar-refractivity contribution is 5.81. The molecule has 0 aliphatic carbocycles. The van der Waals surface area contributed by atoms with Crippen molar-refractivity contribution < 1.29 is 4.79 Å². The van der Waals surface area contributed by atoms with Gasteiger partial charge in [0.15, 0.2) is 0 Å². The van der Waals surface area contributed by atoms with Gasteiger partial charge < -0.3 is 10.2 Å². The smallest absolute Gasteiger partial charge is 0.228 e. The van der Waals surface area contributed by atoms with Crippen molar-refractivity contribution in [3.8, 4) is 0 Å². The van der Waals surface area contributed by atoms with Gasteiger partial charge in [0.25, 0.3) is 0 Å². The predicted molar refractivity (Wildman–Crippen MR) is 74.5 cm³/mol. The van der Waals surface area contributed by atoms with E-state index in [1.54, 1.807) is 0 Å². The van der Waals surface area contributed by atoms with Crippen LogP contribution in [0.15, 0.2) is 30.3 Å². The van der Waals surface area contributed by atoms with Gasteiger partial charge in [0.1, 0.15) is 0 Å². The summed E-state index contributed by atoms with van der Waals surface area (Å²) in [5, 5.41) is 3.48. The average Bonchev–Trinajstić information content (AvgIpc) is 2.76. The monoisotopic (exact) mass is 246 g/mol. The minimum atomic E-state index is -0.276. The van der Waals surface area contributed by atoms with E-state index in [-0.39, 0.29) is 11.3 Å². The highest BCUT2D eigenvalue weighted by atomic mass is 16.2. The number of likely N-dealkylation sites (tertiary alicyclic amines) is 1. The van der Waals surface area contributed by atoms with Crippen molar-refractivity contribution in [1.82, 2.24) is 4.90 Å². The maximum Gasteiger partial charge on any atom is 0.228 e. The molecule has 0 spiro atoms. The summed E-state index contributed by atoms with van der Waals surface area (Å²) in [5.74, 6) is 0.250. The van der Waals surface area contributed by atoms with Gasteiger partial charge in [-0.15, -0.1) is 0 Å². The fraction of sp³-hybridized carbons (Fsp3) is 0.533. The van der Waals surface area contributed by atoms with E-state index in [1.807, 2.05) is 43.9 Å². The molecule has 1 heterocycles. The molecular weight excluding hydrogens is 224 g/mol. The Morgan fingerprint density at radius 3 is 2.56 bits per heavy atom. The van der Waals surface area contributed by atoms with Crippen molar-refractivity contribution in [2.45, 2.75) is 33.2 Å². The molecule has 18 heavy (non-hydrogen) atoms. The van der Waals surface area contributed by atoms with Crippen molar-refractivity contribution in [3.05, 3.63) is 30.3 Å². The quantitative estimate of drug-likeness (QED) is 0.870. The topological polar surface area (TPSA) is 32.3 Å². The van der Waals surface area contributed by atoms with Gasteiger partial charge in [0.2, 0.25) is 5.91 Å². The Morgan fingerprint density at radius 2 is 1.94 bits per heavy atom. The summed E-state index contributed by atoms with van der Waals surface area (Å²) in [5.41, 5.74) is 0.856. The van der Waals surface area contributed by atoms with Gasteiger partial charge in [-0.3, -0.25) is 4.79 Å². The van der Waals surface area contributed by atoms with Gasteiger partial charge in [0.05, 0.1) is 0 Å². The molecule has 0 aromatic heterocycles. The molecule has 98 valence electrons. The molecule has 1 unspecified atom stereocenters. The Balaban J connectivity index is 1.91. The third-order valence-corrected chi connectivity index (χ3v) is 3.26. The van der Waals surface area contributed by atoms with Crippen molar-refractivity contribution in [3.63, 3.8) is 0 Å². The summed E-state index contributed by atoms with van der Waals surface area (Å²) in [6, 6.07) is 10.6. The Morgan fingerprint density at radius 1 is 1.28 bits per heavy atom. The van der Waals surface area contributed by atoms with E-state index in [4.69, 9.17) is 0 Å². The van der Waals surface area contributed by atoms with Gasteiger partial charge in [-0.05, 0) is 18.6 Å². The third-order valence-electron chi connectivity index (χ3n) is 3.26. The first-order chi connectivity index (χ1) is 8.47. The van der Waals surface area contributed by atoms with Crippen LogP contribution in [0.1, 0.15) is 27.2 Å². The zero-order chi connectivity index (χ0) is 13.2. The molecule has 1 fully saturated rings. The van der Waals surface area contributed by atoms with Crippen LogP contribution in [0.3, 0.4) is 0 Å². The number of nitrogens with one attached hydrogen (secondary N) is 1. The van der Waals surface area contributed by atoms with Crippen LogP contribution in [-0.4, -0.2) is 29.9 Å². The van der Waals surface area contributed by atoms with E-state index < -0.39 is 0 Å². The zero-order valence-electron chi connectivity index (χ0n) is 11.4. The number of carbonyl (C=O) groups is 1. The van der Waals surface area contributed by atoms with E-state index in [1.165, 1.54) is 0 Å². The maximum atomic E-state index is 12.2. The summed E-state index contributed by atoms with van der Waals surface area (Å²) in [6.45, 7) is 7.61. The van der Waals surface area contributed by atoms with Gasteiger partial charge in [-0.1, -0.05) is 39.0 Å². The van der Waals surface area contributed by atoms with Crippen LogP contribution in [0.2, 0.25) is 0 Å². The van der Waals surface area contributed by atoms with E-state index in [9.17, 15) is 4.79 Å². The summed E-state index contributed by atoms with van der Waals surface area (Å²) in [6.07, 6.45) is 1.02. The minimum absolute atomic E-state index is 0.250. The molecule has 2 rings (SSSR count). The molecule has 3 heteroatoms. The van der Waals surface area contributed by atoms with Gasteiger partial charge in [0, 0.05) is 30.2 Å². The summed E-state index contributed by atoms with van der Waals surface area (Å²) in [7, 11) is 0. The first-order valence-corrected chi connectivity index (χ1v) is 6.58. The predicted octanol–water partition coefficient (Wildman–Crippen LogP) is 2.75. The second kappa shape index (κ2) is 5.01. The highest BCUT2D eigenvalue weighted by Gasteiger charge is 2.32. The summed E-state index contributed by atoms with van der Waals surface area (Å²) < 4.78 is 0. The lowest BCUT2D eigenvalue weighted by atomic mass is 9.95. The summed E-state index contributed by atoms with van der Waals surface area (Å²) >= 11 is 0. The lowest BCUT2D eigenvalue weighted by Gasteiger charge is -2.25. The number of hydrogen-bond acceptors (Lipinski definition) is 2. The number of carbonyl (C=O) groups excluding carboxylic acids is 1. The first-order valence-electron chi connectivity index (χ1n) is 6.58. The van der Waals surface area contributed by atoms with Crippen LogP contribution in [0.5, 0.6) is 0 Å². The lowest BCUT2D eigenvalue weighted by Crippen LogP contribution is -2.39. The molecular formula is C15H22N2O. The standard InChI is InChI=1S/C15H22N2O/c1-15(2,3)14(18)17-10-9-13(11-17)16-12-7-5-4-6-8-12/h4-8,13,16H,9-11H2,1-3H3. The van der Waals surface area contributed by atoms with Crippen molar-refractivity contribution in [2.24, 2.45) is 5.41 Å². The Kier molecular flexibility index (Phi) is 3.60. The maximum absolute atomic E-state index is 12.2. The Labute approximate surface area is 109 Å². The molecule has 1 saturated heterocycles. The van der Waals surface area contributed by atoms with Crippen molar-refractivity contribution in [1.29, 1.82) is 0 Å². The van der Waals surface area contributed by atoms with Gasteiger partial charge >= 0.3 is 0 Å². The number of nitrogens with zero attached hydrogens (tertiary/aromatic N) is 1. The first kappa shape index (κ1) is 12.9. The third kappa shape index (κ3) is 3.03. The normalized spacial score (nSPS) is 19.9. The Hall–Kier alpha value is -1.51. The molecule has 1 N–H and O–H groups in total. The number of rotatable bonds is 2. The fourth-order valence-electron chi connectivity index (χ4n) is 2.31. The largest absolute Gasteiger partial charge is 0.380 e. The average molecular weight is 246 g/mol. The highest BCUT2D eigenvalue weighted by Crippen LogP contribution is 2.22. The second-order valence-electron chi connectivity index (χ2n) is 6.00. The van der Waals surface area contributed by atoms with Crippen LogP contribution >= 0.6 is 0 Å². The van der Waals surface area contributed by atoms with E-state index >= 15 is 0 Å². The number of anilines is 1. The molecule has 1 atom stereocenters. The second-order valence-corrected chi connectivity index (χ2v) is 6.00. The van der Waals surface area contributed by atoms with Crippen molar-refractivity contribution >= 4 is 11.6 Å². The zero-order valence-corrected chi connectivity index (χ0v) is 11.4. The number of amides is 1. The van der Waals surface area contributed by atoms with Crippen LogP contribution < -0.4 is 5.32 Å². The molecule has 0 saturated carbocycles. The number of benzene rings is 1. The van der Waals surface area contributed by atoms with Crippen LogP contribution in [-0.2, 0) is 4.79 Å². The van der Waals surface area contributed by atoms with E-state index in [0.717, 1.165) is 25.2 Å². The van der Waals surface area contributed by atoms with Crippen molar-refractivity contribution in [2.75, 3.05) is 18.4 Å². The molecule has 0 bridgehead atoms. The van der Waals surface area contributed by atoms with Gasteiger partial charge in [-0.2, -0.15) is 0 Å². The number of hydrogen-bond donors (Lipinski definition) is 1. The molecule has 1 aliphatic heterocycles. The SMILES string of the molecule is CC(C)(C)C(=O)N1CCC(Nc2ccccc2)C1. The lowest BCUT2D eigenvalue weighted by molar-refractivity contribution is -0.138. The van der Waals surface area contributed by atoms with Crippen LogP contribution in [0.25, 0.3) is 0 Å². The Bertz CT molecular complexity index is 408. The molecule has 1 aromatic rings. The van der Waals surface area contributed by atoms with E-state index in [0.29, 0.717) is 6.04 Å². The number of para-hydroxylation sites is 1. The van der Waals surface area contributed by atoms with E-state index in [2.05, 4.69) is 17.4 Å². The molecule has 1 aromatic carbocycles. The molecule has 0 radical (unpaired) electrons. The molecule has 1 amide bonds. The fourth-order valence-corrected chi connectivity index (χ4v) is 2.31. The van der Waals surface area contributed by atoms with Gasteiger partial charge in [-0.25, -0.2) is 0 Å². The molecule has 1 aliphatic rings. The molecule has 3 nitrogen and oxygen atoms in total. The summed E-state index contributed by atoms with van der Waals surface area (Å²) in [4.78, 5) is 14.1. The van der Waals surface area contributed by atoms with Crippen LogP contribution in [0, 0.1) is 5.41 Å². The minimum Gasteiger partial charge on any atom is -0.380 e. The van der Waals surface area contributed by atoms with Crippen LogP contribution in [0.4, 0.5) is 5.69 Å².